The number of nitrogens with zero attached hydrogens (tertiary/aromatic N) is 3. The second kappa shape index (κ2) is 9.52. The van der Waals surface area contributed by atoms with E-state index in [1.54, 1.807) is 0 Å². The van der Waals surface area contributed by atoms with E-state index in [-0.39, 0.29) is 0 Å². The Morgan fingerprint density at radius 3 is 2.54 bits per heavy atom. The van der Waals surface area contributed by atoms with Gasteiger partial charge in [0.25, 0.3) is 0 Å². The third kappa shape index (κ3) is 4.61. The van der Waals surface area contributed by atoms with Crippen molar-refractivity contribution < 1.29 is 4.74 Å². The first kappa shape index (κ1) is 20.1. The van der Waals surface area contributed by atoms with E-state index in [1.807, 2.05) is 35.9 Å². The number of ether oxygens (including phenoxy) is 1. The lowest BCUT2D eigenvalue weighted by atomic mass is 10.0. The summed E-state index contributed by atoms with van der Waals surface area (Å²) in [6.07, 6.45) is 5.39. The van der Waals surface area contributed by atoms with Gasteiger partial charge in [0.15, 0.2) is 0 Å². The fourth-order valence-electron chi connectivity index (χ4n) is 3.36. The average Bonchev–Trinajstić information content (AvgIpc) is 3.15. The molecule has 2 aromatic carbocycles. The summed E-state index contributed by atoms with van der Waals surface area (Å²) in [5.74, 6) is 6.76. The van der Waals surface area contributed by atoms with E-state index in [1.165, 1.54) is 18.4 Å². The zero-order chi connectivity index (χ0) is 19.8. The quantitative estimate of drug-likeness (QED) is 0.388. The molecule has 4 heteroatoms. The third-order valence-corrected chi connectivity index (χ3v) is 4.90. The van der Waals surface area contributed by atoms with Crippen LogP contribution in [0.4, 0.5) is 0 Å². The molecule has 4 nitrogen and oxygen atoms in total. The van der Waals surface area contributed by atoms with Crippen molar-refractivity contribution in [3.05, 3.63) is 59.7 Å². The maximum Gasteiger partial charge on any atom is 0.226 e. The van der Waals surface area contributed by atoms with Crippen LogP contribution in [0.2, 0.25) is 0 Å². The van der Waals surface area contributed by atoms with Crippen LogP contribution in [-0.2, 0) is 10.5 Å². The van der Waals surface area contributed by atoms with Crippen LogP contribution in [0.1, 0.15) is 57.1 Å². The number of fused-ring (bicyclic) bond motifs is 1. The van der Waals surface area contributed by atoms with Crippen LogP contribution in [0, 0.1) is 18.8 Å². The number of hydrogen-bond donors (Lipinski definition) is 0. The number of hydrogen-bond acceptors (Lipinski definition) is 3. The van der Waals surface area contributed by atoms with E-state index >= 15 is 0 Å². The van der Waals surface area contributed by atoms with Gasteiger partial charge in [-0.25, -0.2) is 4.68 Å². The molecule has 0 aliphatic rings. The van der Waals surface area contributed by atoms with Crippen LogP contribution in [0.3, 0.4) is 0 Å². The summed E-state index contributed by atoms with van der Waals surface area (Å²) in [6.45, 7) is 6.87. The van der Waals surface area contributed by atoms with Crippen LogP contribution in [0.5, 0.6) is 0 Å². The van der Waals surface area contributed by atoms with Gasteiger partial charge in [0.1, 0.15) is 5.52 Å². The summed E-state index contributed by atoms with van der Waals surface area (Å²) < 4.78 is 8.17. The van der Waals surface area contributed by atoms with Gasteiger partial charge in [-0.1, -0.05) is 67.1 Å². The highest BCUT2D eigenvalue weighted by atomic mass is 16.5. The minimum absolute atomic E-state index is 0.560. The fraction of sp³-hybridized carbons (Fsp3) is 0.417. The Kier molecular flexibility index (Phi) is 6.84. The Hall–Kier alpha value is -2.64. The summed E-state index contributed by atoms with van der Waals surface area (Å²) in [4.78, 5) is 0. The molecule has 0 saturated heterocycles. The highest BCUT2D eigenvalue weighted by molar-refractivity contribution is 5.74. The molecule has 0 fully saturated rings. The van der Waals surface area contributed by atoms with Crippen molar-refractivity contribution in [3.8, 4) is 11.8 Å². The lowest BCUT2D eigenvalue weighted by Gasteiger charge is -2.29. The number of aromatic nitrogens is 3. The number of unbranched alkanes of at least 4 members (excludes halogenated alkanes) is 3. The van der Waals surface area contributed by atoms with Gasteiger partial charge in [0.05, 0.1) is 5.52 Å². The van der Waals surface area contributed by atoms with Crippen molar-refractivity contribution in [1.29, 1.82) is 0 Å². The first-order chi connectivity index (χ1) is 13.7. The van der Waals surface area contributed by atoms with E-state index < -0.39 is 5.72 Å². The zero-order valence-corrected chi connectivity index (χ0v) is 17.1. The molecule has 0 spiro atoms. The summed E-state index contributed by atoms with van der Waals surface area (Å²) in [7, 11) is 0. The van der Waals surface area contributed by atoms with Crippen LogP contribution in [0.25, 0.3) is 11.0 Å². The van der Waals surface area contributed by atoms with Gasteiger partial charge in [0, 0.05) is 18.6 Å². The molecule has 28 heavy (non-hydrogen) atoms. The molecule has 1 unspecified atom stereocenters. The number of aryl methyl sites for hydroxylation is 1. The van der Waals surface area contributed by atoms with Gasteiger partial charge in [-0.05, 0) is 50.5 Å². The molecule has 146 valence electrons. The molecule has 0 bridgehead atoms. The van der Waals surface area contributed by atoms with Crippen molar-refractivity contribution in [1.82, 2.24) is 15.0 Å². The zero-order valence-electron chi connectivity index (χ0n) is 17.1. The van der Waals surface area contributed by atoms with Crippen molar-refractivity contribution in [2.24, 2.45) is 0 Å². The summed E-state index contributed by atoms with van der Waals surface area (Å²) in [6, 6.07) is 16.2. The molecule has 0 radical (unpaired) electrons. The second-order valence-electron chi connectivity index (χ2n) is 7.13. The highest BCUT2D eigenvalue weighted by Crippen LogP contribution is 2.28. The Morgan fingerprint density at radius 1 is 1.00 bits per heavy atom. The predicted molar refractivity (Wildman–Crippen MR) is 114 cm³/mol. The molecular weight excluding hydrogens is 346 g/mol. The lowest BCUT2D eigenvalue weighted by molar-refractivity contribution is -0.0679. The van der Waals surface area contributed by atoms with Crippen LogP contribution < -0.4 is 0 Å². The van der Waals surface area contributed by atoms with Gasteiger partial charge >= 0.3 is 0 Å². The molecule has 0 amide bonds. The molecule has 0 aliphatic carbocycles. The SMILES string of the molecule is CCCCCCC(C#Cc1ccc(C)cc1)(OCC)n1nnc2ccccc21. The summed E-state index contributed by atoms with van der Waals surface area (Å²) in [5, 5.41) is 8.79. The van der Waals surface area contributed by atoms with E-state index in [0.29, 0.717) is 6.61 Å². The molecule has 0 N–H and O–H groups in total. The van der Waals surface area contributed by atoms with E-state index in [2.05, 4.69) is 60.3 Å². The number of para-hydroxylation sites is 1. The molecular formula is C24H29N3O. The second-order valence-corrected chi connectivity index (χ2v) is 7.13. The molecule has 3 aromatic rings. The monoisotopic (exact) mass is 375 g/mol. The van der Waals surface area contributed by atoms with Gasteiger partial charge in [-0.15, -0.1) is 5.10 Å². The summed E-state index contributed by atoms with van der Waals surface area (Å²) in [5.41, 5.74) is 3.20. The van der Waals surface area contributed by atoms with E-state index in [4.69, 9.17) is 4.74 Å². The summed E-state index contributed by atoms with van der Waals surface area (Å²) >= 11 is 0. The average molecular weight is 376 g/mol. The molecule has 0 aliphatic heterocycles. The highest BCUT2D eigenvalue weighted by Gasteiger charge is 2.33. The molecule has 0 saturated carbocycles. The standard InChI is InChI=1S/C24H29N3O/c1-4-6-7-10-18-24(28-5-2,19-17-21-15-13-20(3)14-16-21)27-23-12-9-8-11-22(23)25-26-27/h8-9,11-16H,4-7,10,18H2,1-3H3. The molecule has 1 atom stereocenters. The minimum atomic E-state index is -0.816. The van der Waals surface area contributed by atoms with Crippen LogP contribution in [-0.4, -0.2) is 21.6 Å². The van der Waals surface area contributed by atoms with Crippen molar-refractivity contribution >= 4 is 11.0 Å². The Balaban J connectivity index is 2.04. The fourth-order valence-corrected chi connectivity index (χ4v) is 3.36. The molecule has 1 aromatic heterocycles. The number of benzene rings is 2. The van der Waals surface area contributed by atoms with E-state index in [0.717, 1.165) is 35.9 Å². The largest absolute Gasteiger partial charge is 0.344 e. The topological polar surface area (TPSA) is 39.9 Å². The predicted octanol–water partition coefficient (Wildman–Crippen LogP) is 5.45. The van der Waals surface area contributed by atoms with Crippen molar-refractivity contribution in [2.75, 3.05) is 6.61 Å². The smallest absolute Gasteiger partial charge is 0.226 e. The first-order valence-electron chi connectivity index (χ1n) is 10.2. The Bertz CT molecular complexity index is 949. The van der Waals surface area contributed by atoms with Gasteiger partial charge in [0.2, 0.25) is 5.72 Å². The van der Waals surface area contributed by atoms with Crippen molar-refractivity contribution in [3.63, 3.8) is 0 Å². The Morgan fingerprint density at radius 2 is 1.79 bits per heavy atom. The normalized spacial score (nSPS) is 13.1. The van der Waals surface area contributed by atoms with Crippen LogP contribution >= 0.6 is 0 Å². The van der Waals surface area contributed by atoms with Crippen LogP contribution in [0.15, 0.2) is 48.5 Å². The van der Waals surface area contributed by atoms with Crippen molar-refractivity contribution in [2.45, 2.75) is 58.6 Å². The maximum atomic E-state index is 6.29. The lowest BCUT2D eigenvalue weighted by Crippen LogP contribution is -2.36. The first-order valence-corrected chi connectivity index (χ1v) is 10.2. The van der Waals surface area contributed by atoms with E-state index in [9.17, 15) is 0 Å². The molecule has 3 rings (SSSR count). The molecule has 1 heterocycles. The Labute approximate surface area is 167 Å². The third-order valence-electron chi connectivity index (χ3n) is 4.90. The van der Waals surface area contributed by atoms with Gasteiger partial charge in [-0.3, -0.25) is 0 Å². The maximum absolute atomic E-state index is 6.29. The number of rotatable bonds is 8. The minimum Gasteiger partial charge on any atom is -0.344 e. The van der Waals surface area contributed by atoms with Gasteiger partial charge < -0.3 is 4.74 Å². The van der Waals surface area contributed by atoms with Gasteiger partial charge in [-0.2, -0.15) is 0 Å².